The molecule has 4 heteroatoms. The summed E-state index contributed by atoms with van der Waals surface area (Å²) in [6, 6.07) is 39.2. The minimum absolute atomic E-state index is 0.0200. The van der Waals surface area contributed by atoms with E-state index in [2.05, 4.69) is 133 Å². The van der Waals surface area contributed by atoms with Gasteiger partial charge in [-0.05, 0) is 73.9 Å². The molecule has 5 aromatic carbocycles. The molecule has 0 atom stereocenters. The SMILES string of the molecule is CC1(C)c2ccccc2-c2cc3c4cc5c(cc4n(-c4nc(-c6ccccc6)nc(-c6ccccc6)n4)c3cc21)C(C)(C)C(C)(C)C5(C)C. The Labute approximate surface area is 288 Å². The molecule has 0 N–H and O–H groups in total. The molecule has 0 spiro atoms. The van der Waals surface area contributed by atoms with Crippen molar-refractivity contribution in [1.29, 1.82) is 0 Å². The number of aromatic nitrogens is 4. The second kappa shape index (κ2) is 9.75. The predicted molar refractivity (Wildman–Crippen MR) is 202 cm³/mol. The molecular weight excluding hydrogens is 597 g/mol. The molecule has 7 aromatic rings. The van der Waals surface area contributed by atoms with Crippen LogP contribution in [0.2, 0.25) is 0 Å². The topological polar surface area (TPSA) is 43.6 Å². The van der Waals surface area contributed by atoms with Crippen molar-refractivity contribution in [3.8, 4) is 39.9 Å². The van der Waals surface area contributed by atoms with E-state index in [0.717, 1.165) is 22.2 Å². The van der Waals surface area contributed by atoms with Gasteiger partial charge in [-0.25, -0.2) is 4.98 Å². The van der Waals surface area contributed by atoms with E-state index >= 15 is 0 Å². The summed E-state index contributed by atoms with van der Waals surface area (Å²) < 4.78 is 2.32. The first kappa shape index (κ1) is 30.0. The molecule has 2 heterocycles. The minimum atomic E-state index is -0.138. The van der Waals surface area contributed by atoms with E-state index in [1.165, 1.54) is 44.2 Å². The Bertz CT molecular complexity index is 2420. The molecule has 2 aromatic heterocycles. The molecule has 242 valence electrons. The van der Waals surface area contributed by atoms with Crippen molar-refractivity contribution in [2.75, 3.05) is 0 Å². The summed E-state index contributed by atoms with van der Waals surface area (Å²) in [5.74, 6) is 1.96. The van der Waals surface area contributed by atoms with E-state index in [1.54, 1.807) is 0 Å². The van der Waals surface area contributed by atoms with Gasteiger partial charge in [-0.2, -0.15) is 9.97 Å². The first-order valence-corrected chi connectivity index (χ1v) is 17.5. The molecule has 0 bridgehead atoms. The largest absolute Gasteiger partial charge is 0.278 e. The Morgan fingerprint density at radius 3 is 1.53 bits per heavy atom. The monoisotopic (exact) mass is 638 g/mol. The molecule has 0 unspecified atom stereocenters. The molecule has 4 nitrogen and oxygen atoms in total. The maximum atomic E-state index is 5.27. The zero-order chi connectivity index (χ0) is 34.1. The second-order valence-electron chi connectivity index (χ2n) is 16.2. The van der Waals surface area contributed by atoms with Crippen molar-refractivity contribution in [3.05, 3.63) is 131 Å². The standard InChI is InChI=1S/C45H42N4/c1-42(2)33-22-16-15-21-29(33)30-23-31-32-24-35-36(44(5,6)45(7,8)43(35,3)4)26-38(32)49(37(31)25-34(30)42)41-47-39(27-17-11-9-12-18-27)46-40(48-41)28-19-13-10-14-20-28/h9-26H,1-8H3. The fourth-order valence-electron chi connectivity index (χ4n) is 8.86. The van der Waals surface area contributed by atoms with Crippen LogP contribution in [0.25, 0.3) is 61.7 Å². The van der Waals surface area contributed by atoms with Gasteiger partial charge in [-0.15, -0.1) is 0 Å². The quantitative estimate of drug-likeness (QED) is 0.193. The van der Waals surface area contributed by atoms with E-state index in [9.17, 15) is 0 Å². The van der Waals surface area contributed by atoms with Gasteiger partial charge in [0, 0.05) is 27.3 Å². The van der Waals surface area contributed by atoms with Crippen LogP contribution in [-0.4, -0.2) is 19.5 Å². The lowest BCUT2D eigenvalue weighted by Gasteiger charge is -2.44. The van der Waals surface area contributed by atoms with E-state index in [4.69, 9.17) is 15.0 Å². The third-order valence-corrected chi connectivity index (χ3v) is 13.0. The third-order valence-electron chi connectivity index (χ3n) is 13.0. The zero-order valence-electron chi connectivity index (χ0n) is 29.7. The van der Waals surface area contributed by atoms with Gasteiger partial charge in [-0.3, -0.25) is 4.57 Å². The van der Waals surface area contributed by atoms with Crippen LogP contribution in [0.15, 0.2) is 109 Å². The van der Waals surface area contributed by atoms with Crippen LogP contribution in [0.5, 0.6) is 0 Å². The van der Waals surface area contributed by atoms with Gasteiger partial charge in [0.2, 0.25) is 5.95 Å². The fourth-order valence-corrected chi connectivity index (χ4v) is 8.86. The number of fused-ring (bicyclic) bond motifs is 7. The van der Waals surface area contributed by atoms with Crippen LogP contribution in [-0.2, 0) is 16.2 Å². The van der Waals surface area contributed by atoms with E-state index < -0.39 is 0 Å². The Hall–Kier alpha value is -5.09. The molecular formula is C45H42N4. The minimum Gasteiger partial charge on any atom is -0.278 e. The van der Waals surface area contributed by atoms with E-state index in [-0.39, 0.29) is 21.7 Å². The van der Waals surface area contributed by atoms with Gasteiger partial charge in [-0.1, -0.05) is 140 Å². The highest BCUT2D eigenvalue weighted by Gasteiger charge is 2.57. The molecule has 9 rings (SSSR count). The van der Waals surface area contributed by atoms with Gasteiger partial charge in [0.25, 0.3) is 0 Å². The van der Waals surface area contributed by atoms with Crippen LogP contribution in [0.3, 0.4) is 0 Å². The smallest absolute Gasteiger partial charge is 0.238 e. The Morgan fingerprint density at radius 1 is 0.449 bits per heavy atom. The summed E-state index contributed by atoms with van der Waals surface area (Å²) in [6.07, 6.45) is 0. The number of nitrogens with zero attached hydrogens (tertiary/aromatic N) is 4. The van der Waals surface area contributed by atoms with Crippen molar-refractivity contribution in [3.63, 3.8) is 0 Å². The molecule has 2 aliphatic rings. The lowest BCUT2D eigenvalue weighted by atomic mass is 9.59. The molecule has 49 heavy (non-hydrogen) atoms. The summed E-state index contributed by atoms with van der Waals surface area (Å²) >= 11 is 0. The highest BCUT2D eigenvalue weighted by molar-refractivity contribution is 6.12. The number of hydrogen-bond acceptors (Lipinski definition) is 3. The van der Waals surface area contributed by atoms with Gasteiger partial charge in [0.1, 0.15) is 0 Å². The van der Waals surface area contributed by atoms with Crippen molar-refractivity contribution in [2.24, 2.45) is 5.41 Å². The maximum Gasteiger partial charge on any atom is 0.238 e. The van der Waals surface area contributed by atoms with Gasteiger partial charge in [0.15, 0.2) is 11.6 Å². The molecule has 0 aliphatic heterocycles. The summed E-state index contributed by atoms with van der Waals surface area (Å²) in [4.78, 5) is 15.6. The van der Waals surface area contributed by atoms with Crippen LogP contribution in [0.4, 0.5) is 0 Å². The van der Waals surface area contributed by atoms with Crippen LogP contribution >= 0.6 is 0 Å². The summed E-state index contributed by atoms with van der Waals surface area (Å²) in [6.45, 7) is 19.2. The van der Waals surface area contributed by atoms with Gasteiger partial charge >= 0.3 is 0 Å². The third kappa shape index (κ3) is 3.89. The van der Waals surface area contributed by atoms with Gasteiger partial charge in [0.05, 0.1) is 11.0 Å². The lowest BCUT2D eigenvalue weighted by Crippen LogP contribution is -2.42. The van der Waals surface area contributed by atoms with Crippen molar-refractivity contribution < 1.29 is 0 Å². The molecule has 0 radical (unpaired) electrons. The molecule has 0 saturated heterocycles. The van der Waals surface area contributed by atoms with E-state index in [0.29, 0.717) is 17.6 Å². The Morgan fingerprint density at radius 2 is 0.939 bits per heavy atom. The second-order valence-corrected chi connectivity index (χ2v) is 16.2. The first-order valence-electron chi connectivity index (χ1n) is 17.5. The Kier molecular flexibility index (Phi) is 5.97. The van der Waals surface area contributed by atoms with Crippen molar-refractivity contribution in [1.82, 2.24) is 19.5 Å². The molecule has 2 aliphatic carbocycles. The van der Waals surface area contributed by atoms with Crippen LogP contribution in [0.1, 0.15) is 77.6 Å². The zero-order valence-corrected chi connectivity index (χ0v) is 29.7. The molecule has 0 amide bonds. The first-order chi connectivity index (χ1) is 23.3. The predicted octanol–water partition coefficient (Wildman–Crippen LogP) is 11.2. The van der Waals surface area contributed by atoms with Crippen molar-refractivity contribution >= 4 is 21.8 Å². The van der Waals surface area contributed by atoms with Crippen LogP contribution < -0.4 is 0 Å². The molecule has 0 saturated carbocycles. The summed E-state index contributed by atoms with van der Waals surface area (Å²) in [5, 5.41) is 2.47. The highest BCUT2D eigenvalue weighted by Crippen LogP contribution is 2.62. The maximum absolute atomic E-state index is 5.27. The normalized spacial score (nSPS) is 17.6. The molecule has 0 fully saturated rings. The lowest BCUT2D eigenvalue weighted by molar-refractivity contribution is 0.125. The number of hydrogen-bond donors (Lipinski definition) is 0. The van der Waals surface area contributed by atoms with Crippen LogP contribution in [0, 0.1) is 5.41 Å². The Balaban J connectivity index is 1.43. The van der Waals surface area contributed by atoms with Gasteiger partial charge < -0.3 is 0 Å². The summed E-state index contributed by atoms with van der Waals surface area (Å²) in [7, 11) is 0. The number of rotatable bonds is 3. The summed E-state index contributed by atoms with van der Waals surface area (Å²) in [5.41, 5.74) is 12.2. The fraction of sp³-hybridized carbons (Fsp3) is 0.267. The highest BCUT2D eigenvalue weighted by atomic mass is 15.2. The van der Waals surface area contributed by atoms with Crippen molar-refractivity contribution in [2.45, 2.75) is 71.6 Å². The average Bonchev–Trinajstić information content (AvgIpc) is 3.58. The van der Waals surface area contributed by atoms with E-state index in [1.807, 2.05) is 36.4 Å². The average molecular weight is 639 g/mol. The number of benzene rings is 5.